The highest BCUT2D eigenvalue weighted by Crippen LogP contribution is 2.37. The molecule has 1 unspecified atom stereocenters. The van der Waals surface area contributed by atoms with Gasteiger partial charge in [0.15, 0.2) is 14.4 Å². The largest absolute Gasteiger partial charge is 0.442 e. The van der Waals surface area contributed by atoms with Gasteiger partial charge in [0, 0.05) is 18.3 Å². The van der Waals surface area contributed by atoms with E-state index in [0.717, 1.165) is 40.2 Å². The first-order valence-corrected chi connectivity index (χ1v) is 16.3. The van der Waals surface area contributed by atoms with Gasteiger partial charge in [0.2, 0.25) is 0 Å². The number of hydrogen-bond donors (Lipinski definition) is 0. The van der Waals surface area contributed by atoms with E-state index in [1.54, 1.807) is 9.58 Å². The van der Waals surface area contributed by atoms with Gasteiger partial charge in [-0.15, -0.1) is 5.10 Å². The molecule has 3 aromatic rings. The van der Waals surface area contributed by atoms with Crippen molar-refractivity contribution >= 4 is 25.8 Å². The van der Waals surface area contributed by atoms with Crippen LogP contribution in [0.4, 0.5) is 10.5 Å². The summed E-state index contributed by atoms with van der Waals surface area (Å²) >= 11 is 0. The monoisotopic (exact) mass is 547 g/mol. The maximum Gasteiger partial charge on any atom is 0.414 e. The molecular weight excluding hydrogens is 510 g/mol. The van der Waals surface area contributed by atoms with Crippen LogP contribution in [0.1, 0.15) is 38.4 Å². The number of oxime groups is 1. The Bertz CT molecular complexity index is 1350. The molecule has 2 atom stereocenters. The van der Waals surface area contributed by atoms with Crippen LogP contribution < -0.4 is 4.90 Å². The molecule has 2 aromatic carbocycles. The molecule has 39 heavy (non-hydrogen) atoms. The number of aryl methyl sites for hydroxylation is 1. The van der Waals surface area contributed by atoms with Gasteiger partial charge in [0.05, 0.1) is 31.1 Å². The quantitative estimate of drug-likeness (QED) is 0.331. The highest BCUT2D eigenvalue weighted by atomic mass is 28.4. The van der Waals surface area contributed by atoms with Crippen molar-refractivity contribution in [1.82, 2.24) is 15.0 Å². The summed E-state index contributed by atoms with van der Waals surface area (Å²) in [5, 5.41) is 12.5. The first-order chi connectivity index (χ1) is 18.5. The van der Waals surface area contributed by atoms with Gasteiger partial charge < -0.3 is 14.0 Å². The van der Waals surface area contributed by atoms with E-state index in [1.165, 1.54) is 0 Å². The van der Waals surface area contributed by atoms with E-state index in [9.17, 15) is 4.79 Å². The Morgan fingerprint density at radius 3 is 2.26 bits per heavy atom. The molecule has 10 heteroatoms. The number of carbonyl (C=O) groups excluding carboxylic acids is 1. The van der Waals surface area contributed by atoms with Gasteiger partial charge in [-0.25, -0.2) is 9.48 Å². The standard InChI is InChI=1S/C29H37N5O4Si/c1-20-16-33(32-30-20)17-26-18-34(28(35)37-26)24-13-11-22(12-14-24)21-7-9-23(10-8-21)27-15-25(38-31-27)19-36-39(5,6)29(2,3)4/h7-14,16,25-26H,15,17-19H2,1-6H3/t25?,26-/m0/s1. The summed E-state index contributed by atoms with van der Waals surface area (Å²) in [6.07, 6.45) is 1.92. The van der Waals surface area contributed by atoms with Crippen LogP contribution in [-0.2, 0) is 20.5 Å². The maximum atomic E-state index is 12.5. The Balaban J connectivity index is 1.16. The van der Waals surface area contributed by atoms with E-state index < -0.39 is 8.32 Å². The summed E-state index contributed by atoms with van der Waals surface area (Å²) in [7, 11) is -1.82. The van der Waals surface area contributed by atoms with Gasteiger partial charge in [0.1, 0.15) is 6.10 Å². The van der Waals surface area contributed by atoms with Gasteiger partial charge in [0.25, 0.3) is 0 Å². The third-order valence-electron chi connectivity index (χ3n) is 7.82. The molecule has 0 aliphatic carbocycles. The number of carbonyl (C=O) groups is 1. The minimum Gasteiger partial charge on any atom is -0.442 e. The van der Waals surface area contributed by atoms with Crippen molar-refractivity contribution < 1.29 is 18.8 Å². The lowest BCUT2D eigenvalue weighted by Crippen LogP contribution is -2.42. The predicted octanol–water partition coefficient (Wildman–Crippen LogP) is 5.79. The van der Waals surface area contributed by atoms with Crippen molar-refractivity contribution in [1.29, 1.82) is 0 Å². The van der Waals surface area contributed by atoms with Crippen LogP contribution in [0, 0.1) is 6.92 Å². The summed E-state index contributed by atoms with van der Waals surface area (Å²) in [4.78, 5) is 19.8. The zero-order chi connectivity index (χ0) is 27.8. The highest BCUT2D eigenvalue weighted by Gasteiger charge is 2.38. The van der Waals surface area contributed by atoms with E-state index in [-0.39, 0.29) is 23.3 Å². The summed E-state index contributed by atoms with van der Waals surface area (Å²) in [6.45, 7) is 14.6. The Kier molecular flexibility index (Phi) is 7.34. The highest BCUT2D eigenvalue weighted by molar-refractivity contribution is 6.74. The summed E-state index contributed by atoms with van der Waals surface area (Å²) in [5.41, 5.74) is 5.80. The van der Waals surface area contributed by atoms with Crippen LogP contribution in [0.25, 0.3) is 11.1 Å². The van der Waals surface area contributed by atoms with Crippen LogP contribution in [0.3, 0.4) is 0 Å². The van der Waals surface area contributed by atoms with Crippen LogP contribution in [0.2, 0.25) is 18.1 Å². The third-order valence-corrected chi connectivity index (χ3v) is 12.3. The molecule has 1 saturated heterocycles. The molecule has 1 amide bonds. The molecule has 206 valence electrons. The van der Waals surface area contributed by atoms with Crippen molar-refractivity contribution in [3.63, 3.8) is 0 Å². The van der Waals surface area contributed by atoms with Gasteiger partial charge in [-0.3, -0.25) is 4.90 Å². The number of rotatable bonds is 8. The normalized spacial score (nSPS) is 19.7. The van der Waals surface area contributed by atoms with Crippen LogP contribution in [0.5, 0.6) is 0 Å². The van der Waals surface area contributed by atoms with Crippen LogP contribution in [0.15, 0.2) is 59.9 Å². The topological polar surface area (TPSA) is 91.1 Å². The zero-order valence-electron chi connectivity index (χ0n) is 23.5. The molecule has 1 fully saturated rings. The Labute approximate surface area is 230 Å². The molecule has 0 radical (unpaired) electrons. The first kappa shape index (κ1) is 27.1. The van der Waals surface area contributed by atoms with Crippen molar-refractivity contribution in [2.75, 3.05) is 18.1 Å². The Morgan fingerprint density at radius 1 is 1.00 bits per heavy atom. The zero-order valence-corrected chi connectivity index (χ0v) is 24.5. The molecule has 0 bridgehead atoms. The summed E-state index contributed by atoms with van der Waals surface area (Å²) in [5.74, 6) is 0. The lowest BCUT2D eigenvalue weighted by molar-refractivity contribution is 0.0427. The number of amides is 1. The number of anilines is 1. The second-order valence-electron chi connectivity index (χ2n) is 11.9. The summed E-state index contributed by atoms with van der Waals surface area (Å²) < 4.78 is 13.6. The van der Waals surface area contributed by atoms with Gasteiger partial charge in [-0.1, -0.05) is 67.5 Å². The molecule has 0 N–H and O–H groups in total. The molecule has 1 aromatic heterocycles. The lowest BCUT2D eigenvalue weighted by atomic mass is 10.00. The molecule has 2 aliphatic heterocycles. The molecular formula is C29H37N5O4Si. The van der Waals surface area contributed by atoms with Crippen molar-refractivity contribution in [2.45, 2.75) is 71.0 Å². The molecule has 0 spiro atoms. The van der Waals surface area contributed by atoms with E-state index in [2.05, 4.69) is 73.6 Å². The molecule has 3 heterocycles. The smallest absolute Gasteiger partial charge is 0.414 e. The lowest BCUT2D eigenvalue weighted by Gasteiger charge is -2.36. The Hall–Kier alpha value is -3.50. The van der Waals surface area contributed by atoms with E-state index in [4.69, 9.17) is 14.0 Å². The second-order valence-corrected chi connectivity index (χ2v) is 16.7. The number of benzene rings is 2. The van der Waals surface area contributed by atoms with Gasteiger partial charge in [-0.05, 0) is 53.9 Å². The predicted molar refractivity (Wildman–Crippen MR) is 153 cm³/mol. The van der Waals surface area contributed by atoms with Crippen LogP contribution in [-0.4, -0.2) is 60.5 Å². The van der Waals surface area contributed by atoms with Crippen molar-refractivity contribution in [3.8, 4) is 11.1 Å². The molecule has 5 rings (SSSR count). The number of nitrogens with zero attached hydrogens (tertiary/aromatic N) is 5. The SMILES string of the molecule is Cc1cn(C[C@H]2CN(c3ccc(-c4ccc(C5=NOC(CO[Si](C)(C)C(C)(C)C)C5)cc4)cc3)C(=O)O2)nn1. The summed E-state index contributed by atoms with van der Waals surface area (Å²) in [6, 6.07) is 16.3. The fourth-order valence-electron chi connectivity index (χ4n) is 4.42. The fourth-order valence-corrected chi connectivity index (χ4v) is 5.45. The minimum atomic E-state index is -1.82. The third kappa shape index (κ3) is 6.07. The number of cyclic esters (lactones) is 1. The molecule has 2 aliphatic rings. The molecule has 9 nitrogen and oxygen atoms in total. The average Bonchev–Trinajstić information content (AvgIpc) is 3.63. The molecule has 0 saturated carbocycles. The second kappa shape index (κ2) is 10.6. The number of hydrogen-bond acceptors (Lipinski definition) is 7. The fraction of sp³-hybridized carbons (Fsp3) is 0.448. The minimum absolute atomic E-state index is 0.0430. The first-order valence-electron chi connectivity index (χ1n) is 13.4. The van der Waals surface area contributed by atoms with Gasteiger partial charge in [-0.2, -0.15) is 0 Å². The van der Waals surface area contributed by atoms with Crippen molar-refractivity contribution in [3.05, 3.63) is 66.0 Å². The Morgan fingerprint density at radius 2 is 1.64 bits per heavy atom. The van der Waals surface area contributed by atoms with Crippen molar-refractivity contribution in [2.24, 2.45) is 5.16 Å². The van der Waals surface area contributed by atoms with E-state index in [1.807, 2.05) is 37.4 Å². The van der Waals surface area contributed by atoms with E-state index >= 15 is 0 Å². The number of ether oxygens (including phenoxy) is 1. The average molecular weight is 548 g/mol. The number of aromatic nitrogens is 3. The van der Waals surface area contributed by atoms with Gasteiger partial charge >= 0.3 is 6.09 Å². The van der Waals surface area contributed by atoms with E-state index in [0.29, 0.717) is 19.7 Å². The maximum absolute atomic E-state index is 12.5. The van der Waals surface area contributed by atoms with Crippen LogP contribution >= 0.6 is 0 Å².